The highest BCUT2D eigenvalue weighted by molar-refractivity contribution is 5.78. The largest absolute Gasteiger partial charge is 0.350 e. The molecule has 4 nitrogen and oxygen atoms in total. The van der Waals surface area contributed by atoms with E-state index in [4.69, 9.17) is 0 Å². The first-order chi connectivity index (χ1) is 5.52. The van der Waals surface area contributed by atoms with E-state index < -0.39 is 0 Å². The quantitative estimate of drug-likeness (QED) is 0.595. The topological polar surface area (TPSA) is 50.4 Å². The second-order valence-corrected chi connectivity index (χ2v) is 3.31. The molecule has 72 valence electrons. The average Bonchev–Trinajstić information content (AvgIpc) is 2.00. The third kappa shape index (κ3) is 5.09. The van der Waals surface area contributed by atoms with Gasteiger partial charge in [0.25, 0.3) is 0 Å². The molecule has 12 heavy (non-hydrogen) atoms. The van der Waals surface area contributed by atoms with Crippen molar-refractivity contribution in [2.75, 3.05) is 13.7 Å². The van der Waals surface area contributed by atoms with Crippen LogP contribution in [0.5, 0.6) is 0 Å². The fraction of sp³-hybridized carbons (Fsp3) is 0.875. The first-order valence-electron chi connectivity index (χ1n) is 4.08. The number of carbonyl (C=O) groups is 1. The molecule has 4 heteroatoms. The number of nitrogens with one attached hydrogen (secondary N) is 2. The van der Waals surface area contributed by atoms with Crippen LogP contribution in [-0.4, -0.2) is 25.1 Å². The lowest BCUT2D eigenvalue weighted by atomic mass is 10.0. The van der Waals surface area contributed by atoms with Crippen molar-refractivity contribution in [1.82, 2.24) is 10.8 Å². The van der Waals surface area contributed by atoms with Crippen molar-refractivity contribution in [1.29, 1.82) is 0 Å². The molecule has 0 spiro atoms. The summed E-state index contributed by atoms with van der Waals surface area (Å²) in [6.07, 6.45) is 0.908. The highest BCUT2D eigenvalue weighted by Crippen LogP contribution is 2.05. The molecule has 0 saturated heterocycles. The van der Waals surface area contributed by atoms with Gasteiger partial charge in [-0.2, -0.15) is 5.48 Å². The van der Waals surface area contributed by atoms with Crippen LogP contribution >= 0.6 is 0 Å². The molecule has 0 unspecified atom stereocenters. The summed E-state index contributed by atoms with van der Waals surface area (Å²) < 4.78 is 0. The third-order valence-corrected chi connectivity index (χ3v) is 1.74. The fourth-order valence-corrected chi connectivity index (χ4v) is 0.648. The van der Waals surface area contributed by atoms with Gasteiger partial charge < -0.3 is 10.2 Å². The van der Waals surface area contributed by atoms with Gasteiger partial charge in [0, 0.05) is 5.54 Å². The maximum absolute atomic E-state index is 11.1. The van der Waals surface area contributed by atoms with Crippen LogP contribution in [0, 0.1) is 0 Å². The smallest absolute Gasteiger partial charge is 0.236 e. The van der Waals surface area contributed by atoms with E-state index in [1.165, 1.54) is 7.11 Å². The van der Waals surface area contributed by atoms with E-state index in [0.29, 0.717) is 0 Å². The summed E-state index contributed by atoms with van der Waals surface area (Å²) in [6, 6.07) is 0. The first-order valence-corrected chi connectivity index (χ1v) is 4.08. The first kappa shape index (κ1) is 11.4. The van der Waals surface area contributed by atoms with E-state index in [2.05, 4.69) is 15.6 Å². The van der Waals surface area contributed by atoms with Gasteiger partial charge in [0.2, 0.25) is 5.91 Å². The van der Waals surface area contributed by atoms with Gasteiger partial charge in [-0.15, -0.1) is 0 Å². The monoisotopic (exact) mass is 174 g/mol. The molecule has 0 aromatic carbocycles. The molecule has 0 aliphatic heterocycles. The second kappa shape index (κ2) is 5.11. The lowest BCUT2D eigenvalue weighted by molar-refractivity contribution is -0.123. The van der Waals surface area contributed by atoms with Gasteiger partial charge in [-0.1, -0.05) is 6.92 Å². The van der Waals surface area contributed by atoms with Crippen LogP contribution < -0.4 is 10.8 Å². The lowest BCUT2D eigenvalue weighted by Crippen LogP contribution is -2.46. The van der Waals surface area contributed by atoms with Gasteiger partial charge in [-0.05, 0) is 20.3 Å². The van der Waals surface area contributed by atoms with Crippen molar-refractivity contribution in [3.05, 3.63) is 0 Å². The van der Waals surface area contributed by atoms with Crippen LogP contribution in [0.15, 0.2) is 0 Å². The number of hydrogen-bond donors (Lipinski definition) is 2. The van der Waals surface area contributed by atoms with Crippen molar-refractivity contribution in [2.24, 2.45) is 0 Å². The molecular formula is C8H18N2O2. The molecule has 0 rings (SSSR count). The average molecular weight is 174 g/mol. The molecule has 0 radical (unpaired) electrons. The summed E-state index contributed by atoms with van der Waals surface area (Å²) in [4.78, 5) is 15.7. The number of rotatable bonds is 5. The van der Waals surface area contributed by atoms with Gasteiger partial charge in [-0.25, -0.2) is 0 Å². The Balaban J connectivity index is 3.68. The molecule has 0 atom stereocenters. The van der Waals surface area contributed by atoms with E-state index in [1.54, 1.807) is 0 Å². The molecule has 2 N–H and O–H groups in total. The Kier molecular flexibility index (Phi) is 4.85. The van der Waals surface area contributed by atoms with Crippen LogP contribution in [0.3, 0.4) is 0 Å². The van der Waals surface area contributed by atoms with Crippen molar-refractivity contribution < 1.29 is 9.63 Å². The fourth-order valence-electron chi connectivity index (χ4n) is 0.648. The molecule has 0 aliphatic rings. The van der Waals surface area contributed by atoms with Crippen LogP contribution in [-0.2, 0) is 9.63 Å². The lowest BCUT2D eigenvalue weighted by Gasteiger charge is -2.24. The minimum absolute atomic E-state index is 0.0521. The predicted octanol–water partition coefficient (Wildman–Crippen LogP) is 0.442. The van der Waals surface area contributed by atoms with Crippen molar-refractivity contribution in [3.63, 3.8) is 0 Å². The molecule has 0 aromatic heterocycles. The van der Waals surface area contributed by atoms with E-state index in [1.807, 2.05) is 20.8 Å². The van der Waals surface area contributed by atoms with Gasteiger partial charge in [-0.3, -0.25) is 4.79 Å². The Bertz CT molecular complexity index is 146. The Morgan fingerprint density at radius 2 is 2.08 bits per heavy atom. The molecule has 0 heterocycles. The Morgan fingerprint density at radius 1 is 1.50 bits per heavy atom. The molecule has 0 aliphatic carbocycles. The van der Waals surface area contributed by atoms with Gasteiger partial charge in [0.1, 0.15) is 0 Å². The van der Waals surface area contributed by atoms with E-state index in [0.717, 1.165) is 6.42 Å². The molecule has 0 fully saturated rings. The maximum atomic E-state index is 11.1. The summed E-state index contributed by atoms with van der Waals surface area (Å²) in [5.74, 6) is -0.0521. The zero-order valence-corrected chi connectivity index (χ0v) is 8.23. The molecular weight excluding hydrogens is 156 g/mol. The summed E-state index contributed by atoms with van der Waals surface area (Å²) >= 11 is 0. The highest BCUT2D eigenvalue weighted by Gasteiger charge is 2.16. The van der Waals surface area contributed by atoms with Crippen LogP contribution in [0.2, 0.25) is 0 Å². The summed E-state index contributed by atoms with van der Waals surface area (Å²) in [7, 11) is 1.48. The van der Waals surface area contributed by atoms with Crippen LogP contribution in [0.4, 0.5) is 0 Å². The number of hydrogen-bond acceptors (Lipinski definition) is 3. The Morgan fingerprint density at radius 3 is 2.50 bits per heavy atom. The SMILES string of the molecule is CCC(C)(C)NC(=O)CNOC. The molecule has 1 amide bonds. The second-order valence-electron chi connectivity index (χ2n) is 3.31. The standard InChI is InChI=1S/C8H18N2O2/c1-5-8(2,3)10-7(11)6-9-12-4/h9H,5-6H2,1-4H3,(H,10,11). The van der Waals surface area contributed by atoms with E-state index in [9.17, 15) is 4.79 Å². The molecule has 0 bridgehead atoms. The predicted molar refractivity (Wildman–Crippen MR) is 47.5 cm³/mol. The zero-order chi connectivity index (χ0) is 9.61. The number of carbonyl (C=O) groups excluding carboxylic acids is 1. The Hall–Kier alpha value is -0.610. The zero-order valence-electron chi connectivity index (χ0n) is 8.23. The maximum Gasteiger partial charge on any atom is 0.236 e. The summed E-state index contributed by atoms with van der Waals surface area (Å²) in [5.41, 5.74) is 2.35. The molecule has 0 saturated carbocycles. The van der Waals surface area contributed by atoms with Crippen molar-refractivity contribution in [2.45, 2.75) is 32.7 Å². The minimum atomic E-state index is -0.132. The van der Waals surface area contributed by atoms with E-state index in [-0.39, 0.29) is 18.0 Å². The van der Waals surface area contributed by atoms with Gasteiger partial charge in [0.15, 0.2) is 0 Å². The summed E-state index contributed by atoms with van der Waals surface area (Å²) in [6.45, 7) is 6.19. The van der Waals surface area contributed by atoms with Crippen molar-refractivity contribution in [3.8, 4) is 0 Å². The van der Waals surface area contributed by atoms with Crippen molar-refractivity contribution >= 4 is 5.91 Å². The molecule has 0 aromatic rings. The van der Waals surface area contributed by atoms with E-state index >= 15 is 0 Å². The van der Waals surface area contributed by atoms with Crippen LogP contribution in [0.1, 0.15) is 27.2 Å². The normalized spacial score (nSPS) is 11.3. The number of amides is 1. The Labute approximate surface area is 73.6 Å². The highest BCUT2D eigenvalue weighted by atomic mass is 16.6. The number of hydroxylamine groups is 1. The minimum Gasteiger partial charge on any atom is -0.350 e. The van der Waals surface area contributed by atoms with Crippen LogP contribution in [0.25, 0.3) is 0 Å². The third-order valence-electron chi connectivity index (χ3n) is 1.74. The van der Waals surface area contributed by atoms with Gasteiger partial charge in [0.05, 0.1) is 13.7 Å². The van der Waals surface area contributed by atoms with Gasteiger partial charge >= 0.3 is 0 Å². The summed E-state index contributed by atoms with van der Waals surface area (Å²) in [5, 5.41) is 2.86.